The van der Waals surface area contributed by atoms with Gasteiger partial charge in [0, 0.05) is 6.07 Å². The maximum absolute atomic E-state index is 13.6. The second-order valence-electron chi connectivity index (χ2n) is 5.83. The van der Waals surface area contributed by atoms with Gasteiger partial charge in [-0.15, -0.1) is 0 Å². The highest BCUT2D eigenvalue weighted by atomic mass is 35.5. The number of hydrogen-bond acceptors (Lipinski definition) is 4. The van der Waals surface area contributed by atoms with Crippen molar-refractivity contribution in [3.63, 3.8) is 0 Å². The molecule has 0 atom stereocenters. The molecule has 1 aliphatic carbocycles. The molecule has 4 rings (SSSR count). The lowest BCUT2D eigenvalue weighted by Crippen LogP contribution is -2.00. The molecule has 1 heterocycles. The van der Waals surface area contributed by atoms with Crippen LogP contribution in [0.5, 0.6) is 11.5 Å². The molecule has 0 aliphatic heterocycles. The van der Waals surface area contributed by atoms with E-state index in [9.17, 15) is 4.39 Å². The highest BCUT2D eigenvalue weighted by Crippen LogP contribution is 2.33. The van der Waals surface area contributed by atoms with Crippen molar-refractivity contribution in [2.45, 2.75) is 19.4 Å². The second kappa shape index (κ2) is 6.32. The average molecular weight is 348 g/mol. The molecule has 0 unspecified atom stereocenters. The van der Waals surface area contributed by atoms with Crippen LogP contribution in [0.2, 0.25) is 5.02 Å². The Bertz CT molecular complexity index is 876. The fraction of sp³-hybridized carbons (Fsp3) is 0.278. The Hall–Kier alpha value is -2.27. The number of nitrogens with zero attached hydrogens (tertiary/aromatic N) is 1. The standard InChI is InChI=1S/C18H15ClFNO3/c19-13-8-12(6-7-15(13)23-9-11-4-5-11)22-10-17-21-18-14(20)2-1-3-16(18)24-17/h1-3,6-8,11H,4-5,9-10H2. The van der Waals surface area contributed by atoms with Crippen molar-refractivity contribution in [2.75, 3.05) is 6.61 Å². The van der Waals surface area contributed by atoms with E-state index in [0.29, 0.717) is 40.5 Å². The highest BCUT2D eigenvalue weighted by Gasteiger charge is 2.22. The topological polar surface area (TPSA) is 44.5 Å². The predicted octanol–water partition coefficient (Wildman–Crippen LogP) is 4.99. The molecule has 1 aliphatic rings. The van der Waals surface area contributed by atoms with E-state index in [2.05, 4.69) is 4.98 Å². The first-order chi connectivity index (χ1) is 11.7. The van der Waals surface area contributed by atoms with Crippen LogP contribution in [-0.2, 0) is 6.61 Å². The number of para-hydroxylation sites is 1. The van der Waals surface area contributed by atoms with Gasteiger partial charge in [-0.05, 0) is 43.0 Å². The first-order valence-electron chi connectivity index (χ1n) is 7.78. The van der Waals surface area contributed by atoms with Crippen LogP contribution in [0.4, 0.5) is 4.39 Å². The number of oxazole rings is 1. The molecule has 1 aromatic heterocycles. The number of ether oxygens (including phenoxy) is 2. The third-order valence-electron chi connectivity index (χ3n) is 3.85. The minimum Gasteiger partial charge on any atom is -0.492 e. The summed E-state index contributed by atoms with van der Waals surface area (Å²) in [5.74, 6) is 1.78. The van der Waals surface area contributed by atoms with Crippen molar-refractivity contribution in [1.82, 2.24) is 4.98 Å². The van der Waals surface area contributed by atoms with E-state index in [0.717, 1.165) is 0 Å². The zero-order valence-electron chi connectivity index (χ0n) is 12.8. The van der Waals surface area contributed by atoms with Crippen molar-refractivity contribution < 1.29 is 18.3 Å². The Morgan fingerprint density at radius 3 is 2.83 bits per heavy atom. The third-order valence-corrected chi connectivity index (χ3v) is 4.15. The van der Waals surface area contributed by atoms with Crippen molar-refractivity contribution in [3.8, 4) is 11.5 Å². The molecule has 6 heteroatoms. The Morgan fingerprint density at radius 2 is 2.08 bits per heavy atom. The molecule has 3 aromatic rings. The first kappa shape index (κ1) is 15.3. The number of hydrogen-bond donors (Lipinski definition) is 0. The fourth-order valence-electron chi connectivity index (χ4n) is 2.35. The molecule has 0 radical (unpaired) electrons. The molecule has 0 N–H and O–H groups in total. The molecule has 0 bridgehead atoms. The molecular formula is C18H15ClFNO3. The van der Waals surface area contributed by atoms with Gasteiger partial charge in [0.1, 0.15) is 17.0 Å². The van der Waals surface area contributed by atoms with E-state index in [1.807, 2.05) is 0 Å². The lowest BCUT2D eigenvalue weighted by molar-refractivity contribution is 0.265. The highest BCUT2D eigenvalue weighted by molar-refractivity contribution is 6.32. The molecular weight excluding hydrogens is 333 g/mol. The Morgan fingerprint density at radius 1 is 1.21 bits per heavy atom. The summed E-state index contributed by atoms with van der Waals surface area (Å²) in [6.45, 7) is 0.793. The number of aromatic nitrogens is 1. The van der Waals surface area contributed by atoms with Gasteiger partial charge in [-0.25, -0.2) is 9.37 Å². The maximum atomic E-state index is 13.6. The van der Waals surface area contributed by atoms with Crippen LogP contribution in [0, 0.1) is 11.7 Å². The minimum atomic E-state index is -0.414. The third kappa shape index (κ3) is 3.31. The summed E-state index contributed by atoms with van der Waals surface area (Å²) in [5, 5.41) is 0.497. The number of benzene rings is 2. The van der Waals surface area contributed by atoms with Crippen LogP contribution >= 0.6 is 11.6 Å². The lowest BCUT2D eigenvalue weighted by atomic mass is 10.3. The van der Waals surface area contributed by atoms with Crippen LogP contribution in [-0.4, -0.2) is 11.6 Å². The summed E-state index contributed by atoms with van der Waals surface area (Å²) < 4.78 is 30.3. The smallest absolute Gasteiger partial charge is 0.233 e. The Kier molecular flexibility index (Phi) is 4.02. The van der Waals surface area contributed by atoms with Crippen LogP contribution < -0.4 is 9.47 Å². The molecule has 0 spiro atoms. The average Bonchev–Trinajstić information content (AvgIpc) is 3.30. The predicted molar refractivity (Wildman–Crippen MR) is 88.0 cm³/mol. The SMILES string of the molecule is Fc1cccc2oc(COc3ccc(OCC4CC4)c(Cl)c3)nc12. The van der Waals surface area contributed by atoms with Gasteiger partial charge in [-0.1, -0.05) is 17.7 Å². The molecule has 1 fully saturated rings. The summed E-state index contributed by atoms with van der Waals surface area (Å²) >= 11 is 6.21. The van der Waals surface area contributed by atoms with E-state index in [1.165, 1.54) is 18.9 Å². The molecule has 124 valence electrons. The van der Waals surface area contributed by atoms with Crippen molar-refractivity contribution in [1.29, 1.82) is 0 Å². The number of halogens is 2. The zero-order valence-corrected chi connectivity index (χ0v) is 13.6. The number of rotatable bonds is 6. The van der Waals surface area contributed by atoms with E-state index in [1.54, 1.807) is 30.3 Å². The van der Waals surface area contributed by atoms with E-state index in [-0.39, 0.29) is 12.1 Å². The fourth-order valence-corrected chi connectivity index (χ4v) is 2.57. The molecule has 0 amide bonds. The summed E-state index contributed by atoms with van der Waals surface area (Å²) in [5.41, 5.74) is 0.605. The van der Waals surface area contributed by atoms with Gasteiger partial charge < -0.3 is 13.9 Å². The van der Waals surface area contributed by atoms with Crippen molar-refractivity contribution >= 4 is 22.7 Å². The van der Waals surface area contributed by atoms with Crippen LogP contribution in [0.3, 0.4) is 0 Å². The largest absolute Gasteiger partial charge is 0.492 e. The van der Waals surface area contributed by atoms with Gasteiger partial charge in [0.25, 0.3) is 0 Å². The van der Waals surface area contributed by atoms with Crippen LogP contribution in [0.15, 0.2) is 40.8 Å². The molecule has 1 saturated carbocycles. The Balaban J connectivity index is 1.42. The van der Waals surface area contributed by atoms with Gasteiger partial charge >= 0.3 is 0 Å². The van der Waals surface area contributed by atoms with Crippen molar-refractivity contribution in [3.05, 3.63) is 53.1 Å². The normalized spacial score (nSPS) is 14.1. The quantitative estimate of drug-likeness (QED) is 0.630. The van der Waals surface area contributed by atoms with Crippen molar-refractivity contribution in [2.24, 2.45) is 5.92 Å². The molecule has 2 aromatic carbocycles. The lowest BCUT2D eigenvalue weighted by Gasteiger charge is -2.09. The van der Waals surface area contributed by atoms with Gasteiger partial charge in [-0.2, -0.15) is 0 Å². The molecule has 24 heavy (non-hydrogen) atoms. The summed E-state index contributed by atoms with van der Waals surface area (Å²) in [6, 6.07) is 9.83. The summed E-state index contributed by atoms with van der Waals surface area (Å²) in [4.78, 5) is 4.10. The molecule has 0 saturated heterocycles. The maximum Gasteiger partial charge on any atom is 0.233 e. The van der Waals surface area contributed by atoms with E-state index >= 15 is 0 Å². The Labute approximate surface area is 143 Å². The van der Waals surface area contributed by atoms with Crippen LogP contribution in [0.1, 0.15) is 18.7 Å². The van der Waals surface area contributed by atoms with Gasteiger partial charge in [0.2, 0.25) is 5.89 Å². The minimum absolute atomic E-state index is 0.0900. The summed E-state index contributed by atoms with van der Waals surface area (Å²) in [6.07, 6.45) is 2.45. The monoisotopic (exact) mass is 347 g/mol. The second-order valence-corrected chi connectivity index (χ2v) is 6.24. The van der Waals surface area contributed by atoms with Crippen LogP contribution in [0.25, 0.3) is 11.1 Å². The van der Waals surface area contributed by atoms with Gasteiger partial charge in [0.05, 0.1) is 11.6 Å². The summed E-state index contributed by atoms with van der Waals surface area (Å²) in [7, 11) is 0. The van der Waals surface area contributed by atoms with Gasteiger partial charge in [-0.3, -0.25) is 0 Å². The number of fused-ring (bicyclic) bond motifs is 1. The first-order valence-corrected chi connectivity index (χ1v) is 8.16. The van der Waals surface area contributed by atoms with Gasteiger partial charge in [0.15, 0.2) is 18.0 Å². The molecule has 4 nitrogen and oxygen atoms in total. The van der Waals surface area contributed by atoms with E-state index in [4.69, 9.17) is 25.5 Å². The zero-order chi connectivity index (χ0) is 16.5. The van der Waals surface area contributed by atoms with E-state index < -0.39 is 5.82 Å².